The zero-order valence-electron chi connectivity index (χ0n) is 13.5. The molecule has 0 aliphatic carbocycles. The molecule has 0 saturated heterocycles. The predicted molar refractivity (Wildman–Crippen MR) is 92.6 cm³/mol. The van der Waals surface area contributed by atoms with Crippen molar-refractivity contribution in [1.82, 2.24) is 4.98 Å². The Morgan fingerprint density at radius 2 is 1.85 bits per heavy atom. The van der Waals surface area contributed by atoms with Gasteiger partial charge in [0.2, 0.25) is 5.91 Å². The lowest BCUT2D eigenvalue weighted by Gasteiger charge is -2.08. The number of benzene rings is 1. The molecule has 0 aliphatic rings. The largest absolute Gasteiger partial charge is 0.459 e. The van der Waals surface area contributed by atoms with Crippen molar-refractivity contribution in [2.45, 2.75) is 12.6 Å². The van der Waals surface area contributed by atoms with Gasteiger partial charge in [-0.25, -0.2) is 4.98 Å². The zero-order valence-corrected chi connectivity index (χ0v) is 14.4. The van der Waals surface area contributed by atoms with Crippen molar-refractivity contribution < 1.29 is 27.2 Å². The van der Waals surface area contributed by atoms with Gasteiger partial charge in [0.25, 0.3) is 5.91 Å². The van der Waals surface area contributed by atoms with Crippen LogP contribution in [-0.2, 0) is 17.4 Å². The second-order valence-corrected chi connectivity index (χ2v) is 6.23. The van der Waals surface area contributed by atoms with E-state index in [0.29, 0.717) is 10.8 Å². The van der Waals surface area contributed by atoms with Crippen molar-refractivity contribution in [2.75, 3.05) is 10.6 Å². The van der Waals surface area contributed by atoms with E-state index in [2.05, 4.69) is 15.6 Å². The molecule has 1 aromatic carbocycles. The number of hydrogen-bond donors (Lipinski definition) is 2. The van der Waals surface area contributed by atoms with E-state index < -0.39 is 23.6 Å². The standard InChI is InChI=1S/C17H12F3N3O3S/c18-17(19,20)10-3-5-11(6-4-10)21-14(24)8-12-9-27-16(22-12)23-15(25)13-2-1-7-26-13/h1-7,9H,8H2,(H,21,24)(H,22,23,25). The van der Waals surface area contributed by atoms with E-state index in [1.807, 2.05) is 0 Å². The number of nitrogens with one attached hydrogen (secondary N) is 2. The Labute approximate surface area is 155 Å². The first-order chi connectivity index (χ1) is 12.8. The van der Waals surface area contributed by atoms with Gasteiger partial charge in [0.1, 0.15) is 0 Å². The van der Waals surface area contributed by atoms with Gasteiger partial charge in [0.05, 0.1) is 23.9 Å². The normalized spacial score (nSPS) is 11.2. The first-order valence-corrected chi connectivity index (χ1v) is 8.45. The van der Waals surface area contributed by atoms with Gasteiger partial charge in [0.15, 0.2) is 10.9 Å². The number of anilines is 2. The van der Waals surface area contributed by atoms with Crippen LogP contribution in [0.1, 0.15) is 21.8 Å². The maximum atomic E-state index is 12.5. The summed E-state index contributed by atoms with van der Waals surface area (Å²) in [6.45, 7) is 0. The molecule has 2 amide bonds. The molecule has 0 radical (unpaired) electrons. The van der Waals surface area contributed by atoms with Crippen molar-refractivity contribution in [2.24, 2.45) is 0 Å². The number of carbonyl (C=O) groups excluding carboxylic acids is 2. The van der Waals surface area contributed by atoms with Crippen molar-refractivity contribution in [1.29, 1.82) is 0 Å². The molecule has 0 saturated carbocycles. The van der Waals surface area contributed by atoms with Gasteiger partial charge in [0, 0.05) is 11.1 Å². The fourth-order valence-corrected chi connectivity index (χ4v) is 2.83. The Hall–Kier alpha value is -3.14. The van der Waals surface area contributed by atoms with Crippen LogP contribution < -0.4 is 10.6 Å². The monoisotopic (exact) mass is 395 g/mol. The molecule has 0 atom stereocenters. The molecule has 10 heteroatoms. The minimum atomic E-state index is -4.43. The van der Waals surface area contributed by atoms with Crippen LogP contribution in [0.25, 0.3) is 0 Å². The SMILES string of the molecule is O=C(Cc1csc(NC(=O)c2ccco2)n1)Nc1ccc(C(F)(F)F)cc1. The molecule has 27 heavy (non-hydrogen) atoms. The summed E-state index contributed by atoms with van der Waals surface area (Å²) in [5.74, 6) is -0.772. The van der Waals surface area contributed by atoms with Crippen LogP contribution in [-0.4, -0.2) is 16.8 Å². The average Bonchev–Trinajstić information content (AvgIpc) is 3.26. The lowest BCUT2D eigenvalue weighted by Crippen LogP contribution is -2.15. The smallest absolute Gasteiger partial charge is 0.416 e. The van der Waals surface area contributed by atoms with E-state index in [0.717, 1.165) is 23.5 Å². The Morgan fingerprint density at radius 1 is 1.11 bits per heavy atom. The quantitative estimate of drug-likeness (QED) is 0.679. The lowest BCUT2D eigenvalue weighted by atomic mass is 10.2. The number of halogens is 3. The Bertz CT molecular complexity index is 934. The van der Waals surface area contributed by atoms with Crippen LogP contribution in [0.5, 0.6) is 0 Å². The molecule has 3 aromatic rings. The zero-order chi connectivity index (χ0) is 19.4. The summed E-state index contributed by atoms with van der Waals surface area (Å²) < 4.78 is 42.5. The second kappa shape index (κ2) is 7.62. The molecule has 0 aliphatic heterocycles. The fourth-order valence-electron chi connectivity index (χ4n) is 2.12. The van der Waals surface area contributed by atoms with Gasteiger partial charge >= 0.3 is 6.18 Å². The predicted octanol–water partition coefficient (Wildman–Crippen LogP) is 4.19. The molecule has 140 valence electrons. The number of aromatic nitrogens is 1. The number of rotatable bonds is 5. The number of furan rings is 1. The van der Waals surface area contributed by atoms with E-state index in [1.165, 1.54) is 24.5 Å². The van der Waals surface area contributed by atoms with E-state index >= 15 is 0 Å². The van der Waals surface area contributed by atoms with Crippen molar-refractivity contribution in [3.8, 4) is 0 Å². The highest BCUT2D eigenvalue weighted by atomic mass is 32.1. The first-order valence-electron chi connectivity index (χ1n) is 7.57. The minimum Gasteiger partial charge on any atom is -0.459 e. The number of alkyl halides is 3. The van der Waals surface area contributed by atoms with Gasteiger partial charge < -0.3 is 9.73 Å². The van der Waals surface area contributed by atoms with Gasteiger partial charge in [-0.05, 0) is 36.4 Å². The summed E-state index contributed by atoms with van der Waals surface area (Å²) in [7, 11) is 0. The maximum absolute atomic E-state index is 12.5. The van der Waals surface area contributed by atoms with E-state index in [9.17, 15) is 22.8 Å². The topological polar surface area (TPSA) is 84.2 Å². The first kappa shape index (κ1) is 18.6. The molecule has 2 N–H and O–H groups in total. The van der Waals surface area contributed by atoms with Crippen molar-refractivity contribution >= 4 is 34.0 Å². The van der Waals surface area contributed by atoms with Crippen LogP contribution in [0.3, 0.4) is 0 Å². The lowest BCUT2D eigenvalue weighted by molar-refractivity contribution is -0.137. The molecular formula is C17H12F3N3O3S. The molecule has 6 nitrogen and oxygen atoms in total. The molecular weight excluding hydrogens is 383 g/mol. The summed E-state index contributed by atoms with van der Waals surface area (Å²) in [5, 5.41) is 6.94. The molecule has 0 bridgehead atoms. The summed E-state index contributed by atoms with van der Waals surface area (Å²) in [5.41, 5.74) is -0.134. The van der Waals surface area contributed by atoms with Gasteiger partial charge in [-0.15, -0.1) is 11.3 Å². The van der Waals surface area contributed by atoms with Gasteiger partial charge in [-0.1, -0.05) is 0 Å². The number of thiazole rings is 1. The third-order valence-electron chi connectivity index (χ3n) is 3.35. The molecule has 0 spiro atoms. The molecule has 0 unspecified atom stereocenters. The number of nitrogens with zero attached hydrogens (tertiary/aromatic N) is 1. The van der Waals surface area contributed by atoms with E-state index in [4.69, 9.17) is 4.42 Å². The van der Waals surface area contributed by atoms with Crippen LogP contribution in [0.2, 0.25) is 0 Å². The summed E-state index contributed by atoms with van der Waals surface area (Å²) >= 11 is 1.14. The highest BCUT2D eigenvalue weighted by Gasteiger charge is 2.30. The summed E-state index contributed by atoms with van der Waals surface area (Å²) in [6.07, 6.45) is -3.15. The van der Waals surface area contributed by atoms with E-state index in [1.54, 1.807) is 11.4 Å². The Morgan fingerprint density at radius 3 is 2.48 bits per heavy atom. The minimum absolute atomic E-state index is 0.0891. The van der Waals surface area contributed by atoms with Crippen LogP contribution in [0.4, 0.5) is 24.0 Å². The van der Waals surface area contributed by atoms with E-state index in [-0.39, 0.29) is 17.9 Å². The highest BCUT2D eigenvalue weighted by Crippen LogP contribution is 2.29. The molecule has 0 fully saturated rings. The highest BCUT2D eigenvalue weighted by molar-refractivity contribution is 7.14. The molecule has 2 aromatic heterocycles. The Balaban J connectivity index is 1.55. The number of carbonyl (C=O) groups is 2. The summed E-state index contributed by atoms with van der Waals surface area (Å²) in [4.78, 5) is 28.0. The Kier molecular flexibility index (Phi) is 5.26. The third kappa shape index (κ3) is 4.94. The molecule has 3 rings (SSSR count). The number of hydrogen-bond acceptors (Lipinski definition) is 5. The fraction of sp³-hybridized carbons (Fsp3) is 0.118. The van der Waals surface area contributed by atoms with Crippen molar-refractivity contribution in [3.63, 3.8) is 0 Å². The summed E-state index contributed by atoms with van der Waals surface area (Å²) in [6, 6.07) is 7.21. The second-order valence-electron chi connectivity index (χ2n) is 5.38. The number of amides is 2. The van der Waals surface area contributed by atoms with Crippen LogP contribution >= 0.6 is 11.3 Å². The maximum Gasteiger partial charge on any atom is 0.416 e. The van der Waals surface area contributed by atoms with Crippen LogP contribution in [0.15, 0.2) is 52.5 Å². The molecule has 2 heterocycles. The van der Waals surface area contributed by atoms with Crippen molar-refractivity contribution in [3.05, 3.63) is 65.1 Å². The average molecular weight is 395 g/mol. The third-order valence-corrected chi connectivity index (χ3v) is 4.16. The van der Waals surface area contributed by atoms with Gasteiger partial charge in [-0.2, -0.15) is 13.2 Å². The van der Waals surface area contributed by atoms with Gasteiger partial charge in [-0.3, -0.25) is 14.9 Å². The van der Waals surface area contributed by atoms with Crippen LogP contribution in [0, 0.1) is 0 Å².